The van der Waals surface area contributed by atoms with Crippen molar-refractivity contribution in [1.29, 1.82) is 0 Å². The Bertz CT molecular complexity index is 527. The third kappa shape index (κ3) is 4.74. The zero-order valence-electron chi connectivity index (χ0n) is 9.10. The summed E-state index contributed by atoms with van der Waals surface area (Å²) < 4.78 is 22.4. The van der Waals surface area contributed by atoms with Crippen molar-refractivity contribution in [2.24, 2.45) is 0 Å². The molecule has 0 unspecified atom stereocenters. The van der Waals surface area contributed by atoms with Gasteiger partial charge < -0.3 is 10.4 Å². The molecular formula is C10H12BrNO4S. The molecule has 94 valence electrons. The van der Waals surface area contributed by atoms with E-state index >= 15 is 0 Å². The van der Waals surface area contributed by atoms with Gasteiger partial charge in [-0.2, -0.15) is 0 Å². The van der Waals surface area contributed by atoms with E-state index in [0.717, 1.165) is 6.26 Å². The molecule has 0 atom stereocenters. The molecule has 0 saturated carbocycles. The van der Waals surface area contributed by atoms with Crippen molar-refractivity contribution >= 4 is 37.4 Å². The number of hydrogen-bond donors (Lipinski definition) is 2. The van der Waals surface area contributed by atoms with Gasteiger partial charge in [-0.05, 0) is 34.1 Å². The van der Waals surface area contributed by atoms with Crippen molar-refractivity contribution in [2.75, 3.05) is 23.9 Å². The van der Waals surface area contributed by atoms with Crippen LogP contribution in [0.5, 0.6) is 0 Å². The molecule has 2 N–H and O–H groups in total. The maximum atomic E-state index is 10.9. The normalized spacial score (nSPS) is 11.2. The fourth-order valence-corrected chi connectivity index (χ4v) is 2.15. The SMILES string of the molecule is CS(=O)(=O)CCNc1ccc(C(=O)O)cc1Br. The lowest BCUT2D eigenvalue weighted by Crippen LogP contribution is -2.14. The second-order valence-corrected chi connectivity index (χ2v) is 6.67. The minimum absolute atomic E-state index is 0.0279. The maximum absolute atomic E-state index is 10.9. The van der Waals surface area contributed by atoms with Gasteiger partial charge in [-0.3, -0.25) is 0 Å². The number of benzene rings is 1. The lowest BCUT2D eigenvalue weighted by Gasteiger charge is -2.08. The Balaban J connectivity index is 2.70. The van der Waals surface area contributed by atoms with E-state index in [9.17, 15) is 13.2 Å². The first-order valence-electron chi connectivity index (χ1n) is 4.74. The summed E-state index contributed by atoms with van der Waals surface area (Å²) in [6.07, 6.45) is 1.16. The van der Waals surface area contributed by atoms with Crippen molar-refractivity contribution in [2.45, 2.75) is 0 Å². The second-order valence-electron chi connectivity index (χ2n) is 3.56. The Morgan fingerprint density at radius 3 is 2.59 bits per heavy atom. The van der Waals surface area contributed by atoms with Crippen LogP contribution < -0.4 is 5.32 Å². The fourth-order valence-electron chi connectivity index (χ4n) is 1.16. The zero-order chi connectivity index (χ0) is 13.1. The summed E-state index contributed by atoms with van der Waals surface area (Å²) in [6.45, 7) is 0.282. The van der Waals surface area contributed by atoms with Gasteiger partial charge in [0.2, 0.25) is 0 Å². The van der Waals surface area contributed by atoms with Crippen LogP contribution in [-0.4, -0.2) is 38.0 Å². The molecule has 17 heavy (non-hydrogen) atoms. The van der Waals surface area contributed by atoms with E-state index in [2.05, 4.69) is 21.2 Å². The van der Waals surface area contributed by atoms with Crippen LogP contribution in [0, 0.1) is 0 Å². The molecule has 0 aliphatic carbocycles. The number of aromatic carboxylic acids is 1. The number of carboxylic acid groups (broad SMARTS) is 1. The Morgan fingerprint density at radius 1 is 1.47 bits per heavy atom. The topological polar surface area (TPSA) is 83.5 Å². The van der Waals surface area contributed by atoms with Crippen molar-refractivity contribution in [1.82, 2.24) is 0 Å². The number of rotatable bonds is 5. The average molecular weight is 322 g/mol. The maximum Gasteiger partial charge on any atom is 0.335 e. The molecule has 0 radical (unpaired) electrons. The Morgan fingerprint density at radius 2 is 2.12 bits per heavy atom. The quantitative estimate of drug-likeness (QED) is 0.860. The molecule has 0 fully saturated rings. The van der Waals surface area contributed by atoms with Crippen LogP contribution in [0.3, 0.4) is 0 Å². The average Bonchev–Trinajstić information content (AvgIpc) is 2.18. The molecule has 1 rings (SSSR count). The van der Waals surface area contributed by atoms with Gasteiger partial charge in [-0.1, -0.05) is 0 Å². The first-order valence-corrected chi connectivity index (χ1v) is 7.59. The van der Waals surface area contributed by atoms with E-state index in [1.807, 2.05) is 0 Å². The molecule has 1 aromatic carbocycles. The molecule has 0 heterocycles. The summed E-state index contributed by atoms with van der Waals surface area (Å²) in [6, 6.07) is 4.51. The molecule has 0 aromatic heterocycles. The lowest BCUT2D eigenvalue weighted by molar-refractivity contribution is 0.0697. The number of anilines is 1. The van der Waals surface area contributed by atoms with Gasteiger partial charge in [-0.25, -0.2) is 13.2 Å². The highest BCUT2D eigenvalue weighted by molar-refractivity contribution is 9.10. The summed E-state index contributed by atoms with van der Waals surface area (Å²) in [4.78, 5) is 10.7. The highest BCUT2D eigenvalue weighted by Gasteiger charge is 2.07. The van der Waals surface area contributed by atoms with Crippen LogP contribution in [0.2, 0.25) is 0 Å². The molecule has 1 aromatic rings. The summed E-state index contributed by atoms with van der Waals surface area (Å²) in [5, 5.41) is 11.7. The summed E-state index contributed by atoms with van der Waals surface area (Å²) >= 11 is 3.22. The van der Waals surface area contributed by atoms with Gasteiger partial charge in [0.15, 0.2) is 0 Å². The highest BCUT2D eigenvalue weighted by atomic mass is 79.9. The first kappa shape index (κ1) is 14.0. The molecule has 0 amide bonds. The molecule has 0 aliphatic rings. The second kappa shape index (κ2) is 5.50. The van der Waals surface area contributed by atoms with Gasteiger partial charge in [-0.15, -0.1) is 0 Å². The Hall–Kier alpha value is -1.08. The number of carbonyl (C=O) groups is 1. The van der Waals surface area contributed by atoms with Gasteiger partial charge >= 0.3 is 5.97 Å². The van der Waals surface area contributed by atoms with E-state index in [0.29, 0.717) is 10.2 Å². The molecule has 0 saturated heterocycles. The van der Waals surface area contributed by atoms with Crippen LogP contribution in [0.15, 0.2) is 22.7 Å². The number of hydrogen-bond acceptors (Lipinski definition) is 4. The van der Waals surface area contributed by atoms with Gasteiger partial charge in [0.25, 0.3) is 0 Å². The molecule has 5 nitrogen and oxygen atoms in total. The largest absolute Gasteiger partial charge is 0.478 e. The van der Waals surface area contributed by atoms with Crippen molar-refractivity contribution < 1.29 is 18.3 Å². The zero-order valence-corrected chi connectivity index (χ0v) is 11.5. The van der Waals surface area contributed by atoms with Crippen LogP contribution >= 0.6 is 15.9 Å². The minimum atomic E-state index is -3.00. The molecule has 0 aliphatic heterocycles. The van der Waals surface area contributed by atoms with E-state index in [4.69, 9.17) is 5.11 Å². The van der Waals surface area contributed by atoms with E-state index in [1.165, 1.54) is 12.1 Å². The van der Waals surface area contributed by atoms with E-state index in [-0.39, 0.29) is 17.9 Å². The Labute approximate surface area is 108 Å². The summed E-state index contributed by atoms with van der Waals surface area (Å²) in [5.41, 5.74) is 0.837. The van der Waals surface area contributed by atoms with Crippen molar-refractivity contribution in [3.05, 3.63) is 28.2 Å². The minimum Gasteiger partial charge on any atom is -0.478 e. The number of sulfone groups is 1. The van der Waals surface area contributed by atoms with Crippen molar-refractivity contribution in [3.8, 4) is 0 Å². The third-order valence-corrected chi connectivity index (χ3v) is 3.61. The molecule has 7 heteroatoms. The predicted molar refractivity (Wildman–Crippen MR) is 69.3 cm³/mol. The van der Waals surface area contributed by atoms with Crippen LogP contribution in [0.25, 0.3) is 0 Å². The number of halogens is 1. The smallest absolute Gasteiger partial charge is 0.335 e. The molecular weight excluding hydrogens is 310 g/mol. The number of carboxylic acids is 1. The van der Waals surface area contributed by atoms with Crippen LogP contribution in [-0.2, 0) is 9.84 Å². The van der Waals surface area contributed by atoms with Crippen molar-refractivity contribution in [3.63, 3.8) is 0 Å². The fraction of sp³-hybridized carbons (Fsp3) is 0.300. The van der Waals surface area contributed by atoms with Crippen LogP contribution in [0.4, 0.5) is 5.69 Å². The standard InChI is InChI=1S/C10H12BrNO4S/c1-17(15,16)5-4-12-9-3-2-7(10(13)14)6-8(9)11/h2-3,6,12H,4-5H2,1H3,(H,13,14). The van der Waals surface area contributed by atoms with Gasteiger partial charge in [0, 0.05) is 23.0 Å². The number of nitrogens with one attached hydrogen (secondary N) is 1. The van der Waals surface area contributed by atoms with E-state index in [1.54, 1.807) is 6.07 Å². The first-order chi connectivity index (χ1) is 7.79. The molecule has 0 bridgehead atoms. The molecule has 0 spiro atoms. The summed E-state index contributed by atoms with van der Waals surface area (Å²) in [7, 11) is -3.00. The van der Waals surface area contributed by atoms with Gasteiger partial charge in [0.05, 0.1) is 11.3 Å². The van der Waals surface area contributed by atoms with Crippen LogP contribution in [0.1, 0.15) is 10.4 Å². The van der Waals surface area contributed by atoms with E-state index < -0.39 is 15.8 Å². The van der Waals surface area contributed by atoms with Gasteiger partial charge in [0.1, 0.15) is 9.84 Å². The Kier molecular flexibility index (Phi) is 4.53. The lowest BCUT2D eigenvalue weighted by atomic mass is 10.2. The third-order valence-electron chi connectivity index (χ3n) is 2.00. The predicted octanol–water partition coefficient (Wildman–Crippen LogP) is 1.60. The summed E-state index contributed by atoms with van der Waals surface area (Å²) in [5.74, 6) is -0.978. The monoisotopic (exact) mass is 321 g/mol. The highest BCUT2D eigenvalue weighted by Crippen LogP contribution is 2.23.